The van der Waals surface area contributed by atoms with Crippen LogP contribution < -0.4 is 14.8 Å². The number of carbonyl (C=O) groups excluding carboxylic acids is 1. The minimum Gasteiger partial charge on any atom is -0.492 e. The first kappa shape index (κ1) is 19.2. The highest BCUT2D eigenvalue weighted by Crippen LogP contribution is 2.30. The second-order valence-electron chi connectivity index (χ2n) is 7.41. The lowest BCUT2D eigenvalue weighted by Crippen LogP contribution is -2.23. The van der Waals surface area contributed by atoms with Crippen LogP contribution in [0.3, 0.4) is 0 Å². The minimum absolute atomic E-state index is 0.00719. The molecule has 1 aromatic carbocycles. The zero-order valence-corrected chi connectivity index (χ0v) is 16.4. The van der Waals surface area contributed by atoms with Crippen LogP contribution in [0.15, 0.2) is 40.9 Å². The van der Waals surface area contributed by atoms with Crippen LogP contribution in [0.5, 0.6) is 11.5 Å². The number of furan rings is 1. The molecule has 0 radical (unpaired) electrons. The second-order valence-corrected chi connectivity index (χ2v) is 7.41. The summed E-state index contributed by atoms with van der Waals surface area (Å²) in [4.78, 5) is 15.3. The number of amides is 1. The summed E-state index contributed by atoms with van der Waals surface area (Å²) in [6.45, 7) is 3.94. The van der Waals surface area contributed by atoms with Gasteiger partial charge in [-0.3, -0.25) is 9.78 Å². The molecule has 1 fully saturated rings. The summed E-state index contributed by atoms with van der Waals surface area (Å²) in [7, 11) is 0. The number of ether oxygens (including phenoxy) is 2. The molecule has 1 unspecified atom stereocenters. The molecular weight excluding hydrogens is 375 g/mol. The van der Waals surface area contributed by atoms with Gasteiger partial charge in [0.2, 0.25) is 5.91 Å². The van der Waals surface area contributed by atoms with E-state index in [1.165, 1.54) is 32.0 Å². The average molecular weight is 398 g/mol. The molecule has 0 saturated heterocycles. The van der Waals surface area contributed by atoms with Gasteiger partial charge in [-0.05, 0) is 49.9 Å². The van der Waals surface area contributed by atoms with E-state index >= 15 is 0 Å². The molecule has 1 amide bonds. The van der Waals surface area contributed by atoms with Crippen molar-refractivity contribution in [2.24, 2.45) is 5.92 Å². The van der Waals surface area contributed by atoms with E-state index in [0.29, 0.717) is 35.4 Å². The number of benzene rings is 1. The molecule has 0 bridgehead atoms. The van der Waals surface area contributed by atoms with Crippen LogP contribution in [0, 0.1) is 11.7 Å². The zero-order chi connectivity index (χ0) is 20.4. The van der Waals surface area contributed by atoms with E-state index in [1.807, 2.05) is 19.1 Å². The van der Waals surface area contributed by atoms with Crippen LogP contribution in [0.4, 0.5) is 4.39 Å². The fourth-order valence-corrected chi connectivity index (χ4v) is 3.01. The van der Waals surface area contributed by atoms with E-state index < -0.39 is 5.82 Å². The summed E-state index contributed by atoms with van der Waals surface area (Å²) < 4.78 is 31.3. The van der Waals surface area contributed by atoms with Gasteiger partial charge in [0.15, 0.2) is 5.82 Å². The number of halogens is 1. The van der Waals surface area contributed by atoms with Crippen molar-refractivity contribution < 1.29 is 23.1 Å². The Hall–Kier alpha value is -3.09. The molecule has 4 rings (SSSR count). The van der Waals surface area contributed by atoms with E-state index in [9.17, 15) is 9.18 Å². The van der Waals surface area contributed by atoms with E-state index in [0.717, 1.165) is 5.39 Å². The number of pyridine rings is 1. The summed E-state index contributed by atoms with van der Waals surface area (Å²) in [5, 5.41) is 3.63. The highest BCUT2D eigenvalue weighted by molar-refractivity contribution is 5.80. The van der Waals surface area contributed by atoms with Crippen molar-refractivity contribution in [1.82, 2.24) is 10.3 Å². The summed E-state index contributed by atoms with van der Waals surface area (Å²) >= 11 is 0. The Bertz CT molecular complexity index is 1030. The lowest BCUT2D eigenvalue weighted by atomic mass is 10.2. The standard InChI is InChI=1S/C22H23FN2O4/c1-13(25-14(2)26)22-8-16-7-17(5-6-21(16)29-22)28-12-20-19(23)9-18(10-24-20)27-11-15-3-4-15/h5-10,13,15H,3-4,11-12H2,1-2H3,(H,25,26). The van der Waals surface area contributed by atoms with Crippen LogP contribution >= 0.6 is 0 Å². The molecule has 1 aliphatic carbocycles. The monoisotopic (exact) mass is 398 g/mol. The van der Waals surface area contributed by atoms with Crippen LogP contribution in [0.2, 0.25) is 0 Å². The molecule has 152 valence electrons. The van der Waals surface area contributed by atoms with Gasteiger partial charge >= 0.3 is 0 Å². The van der Waals surface area contributed by atoms with Crippen LogP contribution in [-0.4, -0.2) is 17.5 Å². The number of nitrogens with zero attached hydrogens (tertiary/aromatic N) is 1. The van der Waals surface area contributed by atoms with E-state index in [-0.39, 0.29) is 24.2 Å². The molecule has 2 aromatic heterocycles. The number of carbonyl (C=O) groups is 1. The van der Waals surface area contributed by atoms with Gasteiger partial charge in [0.05, 0.1) is 18.8 Å². The Balaban J connectivity index is 1.40. The number of hydrogen-bond acceptors (Lipinski definition) is 5. The Morgan fingerprint density at radius 2 is 2.10 bits per heavy atom. The van der Waals surface area contributed by atoms with E-state index in [4.69, 9.17) is 13.9 Å². The molecule has 6 nitrogen and oxygen atoms in total. The van der Waals surface area contributed by atoms with Crippen LogP contribution in [0.25, 0.3) is 11.0 Å². The van der Waals surface area contributed by atoms with E-state index in [2.05, 4.69) is 10.3 Å². The Morgan fingerprint density at radius 3 is 2.83 bits per heavy atom. The Morgan fingerprint density at radius 1 is 1.28 bits per heavy atom. The van der Waals surface area contributed by atoms with Gasteiger partial charge < -0.3 is 19.2 Å². The fraction of sp³-hybridized carbons (Fsp3) is 0.364. The largest absolute Gasteiger partial charge is 0.492 e. The maximum atomic E-state index is 14.3. The van der Waals surface area contributed by atoms with Crippen molar-refractivity contribution in [3.8, 4) is 11.5 Å². The van der Waals surface area contributed by atoms with Gasteiger partial charge in [-0.2, -0.15) is 0 Å². The smallest absolute Gasteiger partial charge is 0.217 e. The van der Waals surface area contributed by atoms with Crippen molar-refractivity contribution in [3.05, 3.63) is 53.8 Å². The Labute approximate surface area is 168 Å². The third-order valence-electron chi connectivity index (χ3n) is 4.80. The van der Waals surface area contributed by atoms with Crippen molar-refractivity contribution in [3.63, 3.8) is 0 Å². The van der Waals surface area contributed by atoms with Crippen molar-refractivity contribution in [1.29, 1.82) is 0 Å². The highest BCUT2D eigenvalue weighted by atomic mass is 19.1. The predicted octanol–water partition coefficient (Wildman–Crippen LogP) is 4.53. The topological polar surface area (TPSA) is 73.6 Å². The second kappa shape index (κ2) is 8.11. The molecule has 2 heterocycles. The summed E-state index contributed by atoms with van der Waals surface area (Å²) in [5.41, 5.74) is 0.905. The predicted molar refractivity (Wildman–Crippen MR) is 105 cm³/mol. The molecule has 7 heteroatoms. The molecule has 3 aromatic rings. The number of fused-ring (bicyclic) bond motifs is 1. The van der Waals surface area contributed by atoms with Crippen molar-refractivity contribution in [2.75, 3.05) is 6.61 Å². The molecule has 1 N–H and O–H groups in total. The Kier molecular flexibility index (Phi) is 5.38. The van der Waals surface area contributed by atoms with Crippen LogP contribution in [-0.2, 0) is 11.4 Å². The number of nitrogens with one attached hydrogen (secondary N) is 1. The molecule has 1 saturated carbocycles. The van der Waals surface area contributed by atoms with Crippen LogP contribution in [0.1, 0.15) is 44.2 Å². The maximum Gasteiger partial charge on any atom is 0.217 e. The molecule has 0 aliphatic heterocycles. The molecular formula is C22H23FN2O4. The first-order chi connectivity index (χ1) is 14.0. The summed E-state index contributed by atoms with van der Waals surface area (Å²) in [5.74, 6) is 1.70. The minimum atomic E-state index is -0.450. The maximum absolute atomic E-state index is 14.3. The van der Waals surface area contributed by atoms with Crippen molar-refractivity contribution >= 4 is 16.9 Å². The summed E-state index contributed by atoms with van der Waals surface area (Å²) in [6.07, 6.45) is 3.88. The van der Waals surface area contributed by atoms with E-state index in [1.54, 1.807) is 12.1 Å². The average Bonchev–Trinajstić information content (AvgIpc) is 3.41. The first-order valence-electron chi connectivity index (χ1n) is 9.68. The van der Waals surface area contributed by atoms with Gasteiger partial charge in [0, 0.05) is 18.4 Å². The van der Waals surface area contributed by atoms with Crippen molar-refractivity contribution in [2.45, 2.75) is 39.3 Å². The number of aromatic nitrogens is 1. The lowest BCUT2D eigenvalue weighted by Gasteiger charge is -2.09. The van der Waals surface area contributed by atoms with Gasteiger partial charge in [-0.25, -0.2) is 4.39 Å². The van der Waals surface area contributed by atoms with Gasteiger partial charge in [-0.1, -0.05) is 0 Å². The normalized spacial score (nSPS) is 14.6. The zero-order valence-electron chi connectivity index (χ0n) is 16.4. The molecule has 1 aliphatic rings. The SMILES string of the molecule is CC(=O)NC(C)c1cc2cc(OCc3ncc(OCC4CC4)cc3F)ccc2o1. The molecule has 29 heavy (non-hydrogen) atoms. The van der Waals surface area contributed by atoms with Gasteiger partial charge in [0.1, 0.15) is 35.1 Å². The number of hydrogen-bond donors (Lipinski definition) is 1. The first-order valence-corrected chi connectivity index (χ1v) is 9.68. The summed E-state index contributed by atoms with van der Waals surface area (Å²) in [6, 6.07) is 8.32. The third kappa shape index (κ3) is 4.85. The highest BCUT2D eigenvalue weighted by Gasteiger charge is 2.22. The fourth-order valence-electron chi connectivity index (χ4n) is 3.01. The third-order valence-corrected chi connectivity index (χ3v) is 4.80. The number of rotatable bonds is 8. The van der Waals surface area contributed by atoms with Gasteiger partial charge in [0.25, 0.3) is 0 Å². The van der Waals surface area contributed by atoms with Gasteiger partial charge in [-0.15, -0.1) is 0 Å². The lowest BCUT2D eigenvalue weighted by molar-refractivity contribution is -0.119. The molecule has 0 spiro atoms. The molecule has 1 atom stereocenters. The quantitative estimate of drug-likeness (QED) is 0.603.